The van der Waals surface area contributed by atoms with E-state index in [0.717, 1.165) is 25.1 Å². The van der Waals surface area contributed by atoms with Crippen LogP contribution in [0.4, 0.5) is 4.39 Å². The zero-order valence-electron chi connectivity index (χ0n) is 8.87. The number of benzene rings is 1. The Kier molecular flexibility index (Phi) is 3.34. The smallest absolute Gasteiger partial charge is 0.123 e. The van der Waals surface area contributed by atoms with Crippen molar-refractivity contribution in [1.82, 2.24) is 5.32 Å². The molecule has 1 aromatic rings. The average Bonchev–Trinajstić information content (AvgIpc) is 2.68. The monoisotopic (exact) mass is 209 g/mol. The molecule has 1 aliphatic rings. The molecule has 2 unspecified atom stereocenters. The van der Waals surface area contributed by atoms with Crippen LogP contribution < -0.4 is 5.32 Å². The maximum atomic E-state index is 12.7. The molecule has 2 nitrogen and oxygen atoms in total. The fourth-order valence-corrected chi connectivity index (χ4v) is 2.12. The summed E-state index contributed by atoms with van der Waals surface area (Å²) in [4.78, 5) is 0. The highest BCUT2D eigenvalue weighted by molar-refractivity contribution is 5.21. The molecule has 1 saturated heterocycles. The molecule has 1 heterocycles. The lowest BCUT2D eigenvalue weighted by Crippen LogP contribution is -2.15. The van der Waals surface area contributed by atoms with Gasteiger partial charge in [-0.15, -0.1) is 0 Å². The van der Waals surface area contributed by atoms with Gasteiger partial charge in [0.2, 0.25) is 0 Å². The molecule has 0 amide bonds. The summed E-state index contributed by atoms with van der Waals surface area (Å²) in [6.45, 7) is 1.78. The highest BCUT2D eigenvalue weighted by atomic mass is 19.1. The molecule has 0 aliphatic carbocycles. The molecule has 0 saturated carbocycles. The van der Waals surface area contributed by atoms with Gasteiger partial charge in [-0.2, -0.15) is 0 Å². The van der Waals surface area contributed by atoms with Crippen molar-refractivity contribution in [1.29, 1.82) is 0 Å². The average molecular weight is 209 g/mol. The minimum Gasteiger partial charge on any atom is -0.384 e. The van der Waals surface area contributed by atoms with Crippen LogP contribution in [0.15, 0.2) is 24.3 Å². The first kappa shape index (κ1) is 10.6. The van der Waals surface area contributed by atoms with E-state index in [-0.39, 0.29) is 5.82 Å². The second-order valence-electron chi connectivity index (χ2n) is 4.07. The van der Waals surface area contributed by atoms with Crippen molar-refractivity contribution in [2.75, 3.05) is 20.3 Å². The van der Waals surface area contributed by atoms with Crippen LogP contribution in [0.2, 0.25) is 0 Å². The van der Waals surface area contributed by atoms with Crippen LogP contribution in [0.1, 0.15) is 18.0 Å². The molecule has 0 radical (unpaired) electrons. The molecule has 0 spiro atoms. The molecule has 1 fully saturated rings. The van der Waals surface area contributed by atoms with E-state index in [1.54, 1.807) is 7.11 Å². The largest absolute Gasteiger partial charge is 0.384 e. The Morgan fingerprint density at radius 2 is 2.13 bits per heavy atom. The molecule has 0 aromatic heterocycles. The van der Waals surface area contributed by atoms with E-state index in [2.05, 4.69) is 5.32 Å². The van der Waals surface area contributed by atoms with Crippen LogP contribution in [0.25, 0.3) is 0 Å². The molecule has 0 bridgehead atoms. The maximum absolute atomic E-state index is 12.7. The Labute approximate surface area is 89.4 Å². The quantitative estimate of drug-likeness (QED) is 0.823. The van der Waals surface area contributed by atoms with Crippen molar-refractivity contribution in [3.05, 3.63) is 35.6 Å². The summed E-state index contributed by atoms with van der Waals surface area (Å²) in [6, 6.07) is 7.08. The van der Waals surface area contributed by atoms with Crippen molar-refractivity contribution < 1.29 is 9.13 Å². The van der Waals surface area contributed by atoms with Gasteiger partial charge in [0.1, 0.15) is 5.82 Å². The third-order valence-electron chi connectivity index (χ3n) is 2.90. The summed E-state index contributed by atoms with van der Waals surface area (Å²) in [5.41, 5.74) is 1.16. The van der Waals surface area contributed by atoms with Gasteiger partial charge >= 0.3 is 0 Å². The summed E-state index contributed by atoms with van der Waals surface area (Å²) in [6.07, 6.45) is 1.07. The van der Waals surface area contributed by atoms with E-state index in [0.29, 0.717) is 12.0 Å². The van der Waals surface area contributed by atoms with E-state index in [4.69, 9.17) is 4.74 Å². The number of halogens is 1. The van der Waals surface area contributed by atoms with Crippen LogP contribution in [0.5, 0.6) is 0 Å². The fraction of sp³-hybridized carbons (Fsp3) is 0.500. The van der Waals surface area contributed by atoms with E-state index in [1.165, 1.54) is 12.1 Å². The zero-order chi connectivity index (χ0) is 10.7. The number of hydrogen-bond donors (Lipinski definition) is 1. The molecule has 15 heavy (non-hydrogen) atoms. The molecular formula is C12H16FNO. The third kappa shape index (κ3) is 2.55. The van der Waals surface area contributed by atoms with E-state index >= 15 is 0 Å². The minimum absolute atomic E-state index is 0.176. The first-order valence-corrected chi connectivity index (χ1v) is 5.27. The predicted molar refractivity (Wildman–Crippen MR) is 57.1 cm³/mol. The molecule has 3 heteroatoms. The molecule has 1 aromatic carbocycles. The van der Waals surface area contributed by atoms with Gasteiger partial charge in [-0.1, -0.05) is 12.1 Å². The van der Waals surface area contributed by atoms with Gasteiger partial charge < -0.3 is 10.1 Å². The van der Waals surface area contributed by atoms with Crippen molar-refractivity contribution in [3.8, 4) is 0 Å². The van der Waals surface area contributed by atoms with Gasteiger partial charge in [-0.25, -0.2) is 4.39 Å². The standard InChI is InChI=1S/C12H16FNO/c1-15-8-9-6-12(14-7-9)10-2-4-11(13)5-3-10/h2-5,9,12,14H,6-8H2,1H3. The fourth-order valence-electron chi connectivity index (χ4n) is 2.12. The highest BCUT2D eigenvalue weighted by Crippen LogP contribution is 2.27. The van der Waals surface area contributed by atoms with Gasteiger partial charge in [0.05, 0.1) is 6.61 Å². The SMILES string of the molecule is COCC1CNC(c2ccc(F)cc2)C1. The summed E-state index contributed by atoms with van der Waals surface area (Å²) in [5, 5.41) is 3.42. The van der Waals surface area contributed by atoms with Crippen LogP contribution in [0, 0.1) is 11.7 Å². The number of hydrogen-bond acceptors (Lipinski definition) is 2. The number of methoxy groups -OCH3 is 1. The topological polar surface area (TPSA) is 21.3 Å². The minimum atomic E-state index is -0.176. The van der Waals surface area contributed by atoms with E-state index in [1.807, 2.05) is 12.1 Å². The molecule has 2 rings (SSSR count). The number of nitrogens with one attached hydrogen (secondary N) is 1. The zero-order valence-corrected chi connectivity index (χ0v) is 8.87. The molecule has 82 valence electrons. The third-order valence-corrected chi connectivity index (χ3v) is 2.90. The summed E-state index contributed by atoms with van der Waals surface area (Å²) < 4.78 is 17.9. The van der Waals surface area contributed by atoms with Crippen LogP contribution in [0.3, 0.4) is 0 Å². The Morgan fingerprint density at radius 1 is 1.40 bits per heavy atom. The molecular weight excluding hydrogens is 193 g/mol. The Bertz CT molecular complexity index is 312. The Balaban J connectivity index is 1.98. The number of rotatable bonds is 3. The number of ether oxygens (including phenoxy) is 1. The normalized spacial score (nSPS) is 25.7. The van der Waals surface area contributed by atoms with Gasteiger partial charge in [-0.05, 0) is 30.0 Å². The van der Waals surface area contributed by atoms with Crippen LogP contribution in [-0.2, 0) is 4.74 Å². The van der Waals surface area contributed by atoms with Gasteiger partial charge in [0, 0.05) is 19.7 Å². The van der Waals surface area contributed by atoms with Crippen molar-refractivity contribution in [2.24, 2.45) is 5.92 Å². The molecule has 2 atom stereocenters. The molecule has 1 aliphatic heterocycles. The van der Waals surface area contributed by atoms with E-state index in [9.17, 15) is 4.39 Å². The lowest BCUT2D eigenvalue weighted by atomic mass is 10.0. The van der Waals surface area contributed by atoms with E-state index < -0.39 is 0 Å². The lowest BCUT2D eigenvalue weighted by molar-refractivity contribution is 0.159. The Morgan fingerprint density at radius 3 is 2.80 bits per heavy atom. The second kappa shape index (κ2) is 4.73. The Hall–Kier alpha value is -0.930. The summed E-state index contributed by atoms with van der Waals surface area (Å²) >= 11 is 0. The maximum Gasteiger partial charge on any atom is 0.123 e. The first-order chi connectivity index (χ1) is 7.29. The van der Waals surface area contributed by atoms with Crippen molar-refractivity contribution in [2.45, 2.75) is 12.5 Å². The van der Waals surface area contributed by atoms with Crippen molar-refractivity contribution in [3.63, 3.8) is 0 Å². The second-order valence-corrected chi connectivity index (χ2v) is 4.07. The van der Waals surface area contributed by atoms with Gasteiger partial charge in [0.25, 0.3) is 0 Å². The van der Waals surface area contributed by atoms with Gasteiger partial charge in [0.15, 0.2) is 0 Å². The summed E-state index contributed by atoms with van der Waals surface area (Å²) in [5.74, 6) is 0.398. The van der Waals surface area contributed by atoms with Crippen molar-refractivity contribution >= 4 is 0 Å². The highest BCUT2D eigenvalue weighted by Gasteiger charge is 2.24. The van der Waals surface area contributed by atoms with Gasteiger partial charge in [-0.3, -0.25) is 0 Å². The summed E-state index contributed by atoms with van der Waals surface area (Å²) in [7, 11) is 1.73. The lowest BCUT2D eigenvalue weighted by Gasteiger charge is -2.10. The van der Waals surface area contributed by atoms with Crippen LogP contribution >= 0.6 is 0 Å². The van der Waals surface area contributed by atoms with Crippen LogP contribution in [-0.4, -0.2) is 20.3 Å². The first-order valence-electron chi connectivity index (χ1n) is 5.27. The predicted octanol–water partition coefficient (Wildman–Crippen LogP) is 2.12. The molecule has 1 N–H and O–H groups in total.